The summed E-state index contributed by atoms with van der Waals surface area (Å²) in [4.78, 5) is 30.9. The number of nitrogens with one attached hydrogen (secondary N) is 3. The summed E-state index contributed by atoms with van der Waals surface area (Å²) in [5, 5.41) is 4.90. The monoisotopic (exact) mass is 376 g/mol. The van der Waals surface area contributed by atoms with Gasteiger partial charge in [0.1, 0.15) is 5.52 Å². The number of nitrogens with zero attached hydrogens (tertiary/aromatic N) is 1. The minimum absolute atomic E-state index is 0.115. The highest BCUT2D eigenvalue weighted by Crippen LogP contribution is 2.29. The first-order valence-electron chi connectivity index (χ1n) is 8.02. The molecule has 6 nitrogen and oxygen atoms in total. The Bertz CT molecular complexity index is 965. The molecule has 3 aromatic rings. The molecule has 140 valence electrons. The first-order chi connectivity index (χ1) is 12.8. The van der Waals surface area contributed by atoms with Crippen molar-refractivity contribution in [2.24, 2.45) is 0 Å². The molecule has 0 radical (unpaired) electrons. The van der Waals surface area contributed by atoms with Crippen LogP contribution in [0, 0.1) is 0 Å². The average Bonchev–Trinajstić information content (AvgIpc) is 3.04. The Morgan fingerprint density at radius 2 is 1.81 bits per heavy atom. The zero-order valence-electron chi connectivity index (χ0n) is 13.9. The Labute approximate surface area is 151 Å². The lowest BCUT2D eigenvalue weighted by Crippen LogP contribution is -2.36. The fourth-order valence-corrected chi connectivity index (χ4v) is 2.49. The van der Waals surface area contributed by atoms with Crippen LogP contribution in [0.5, 0.6) is 0 Å². The summed E-state index contributed by atoms with van der Waals surface area (Å²) in [6, 6.07) is 8.15. The molecule has 0 atom stereocenters. The van der Waals surface area contributed by atoms with Crippen LogP contribution in [0.1, 0.15) is 11.1 Å². The molecular weight excluding hydrogens is 361 g/mol. The van der Waals surface area contributed by atoms with Gasteiger partial charge in [-0.25, -0.2) is 0 Å². The number of fused-ring (bicyclic) bond motifs is 1. The summed E-state index contributed by atoms with van der Waals surface area (Å²) >= 11 is 0. The van der Waals surface area contributed by atoms with E-state index in [4.69, 9.17) is 0 Å². The predicted molar refractivity (Wildman–Crippen MR) is 92.9 cm³/mol. The molecule has 2 amide bonds. The van der Waals surface area contributed by atoms with E-state index >= 15 is 0 Å². The SMILES string of the molecule is O=C(NCCc1ccc(C(F)(F)F)cc1)C(=O)Nc1c[nH]c2cccnc12. The third-order valence-electron chi connectivity index (χ3n) is 3.87. The van der Waals surface area contributed by atoms with Gasteiger partial charge in [-0.15, -0.1) is 0 Å². The highest BCUT2D eigenvalue weighted by Gasteiger charge is 2.29. The van der Waals surface area contributed by atoms with Gasteiger partial charge in [0, 0.05) is 18.9 Å². The van der Waals surface area contributed by atoms with Gasteiger partial charge >= 0.3 is 18.0 Å². The molecule has 9 heteroatoms. The van der Waals surface area contributed by atoms with Crippen molar-refractivity contribution < 1.29 is 22.8 Å². The summed E-state index contributed by atoms with van der Waals surface area (Å²) in [6.07, 6.45) is -0.991. The number of pyridine rings is 1. The number of aromatic nitrogens is 2. The molecule has 0 fully saturated rings. The van der Waals surface area contributed by atoms with E-state index in [0.717, 1.165) is 17.6 Å². The predicted octanol–water partition coefficient (Wildman–Crippen LogP) is 2.88. The van der Waals surface area contributed by atoms with E-state index in [0.29, 0.717) is 23.2 Å². The highest BCUT2D eigenvalue weighted by atomic mass is 19.4. The molecule has 2 aromatic heterocycles. The average molecular weight is 376 g/mol. The van der Waals surface area contributed by atoms with Crippen LogP contribution in [0.15, 0.2) is 48.8 Å². The minimum Gasteiger partial charge on any atom is -0.358 e. The second-order valence-corrected chi connectivity index (χ2v) is 5.76. The first-order valence-corrected chi connectivity index (χ1v) is 8.02. The molecule has 0 saturated carbocycles. The quantitative estimate of drug-likeness (QED) is 0.612. The Hall–Kier alpha value is -3.36. The van der Waals surface area contributed by atoms with Crippen molar-refractivity contribution in [1.29, 1.82) is 0 Å². The molecule has 27 heavy (non-hydrogen) atoms. The summed E-state index contributed by atoms with van der Waals surface area (Å²) < 4.78 is 37.5. The van der Waals surface area contributed by atoms with E-state index in [1.165, 1.54) is 18.3 Å². The van der Waals surface area contributed by atoms with Crippen molar-refractivity contribution in [2.75, 3.05) is 11.9 Å². The molecule has 3 rings (SSSR count). The van der Waals surface area contributed by atoms with Gasteiger partial charge in [0.25, 0.3) is 0 Å². The molecule has 0 spiro atoms. The van der Waals surface area contributed by atoms with E-state index in [1.54, 1.807) is 18.3 Å². The number of aromatic amines is 1. The summed E-state index contributed by atoms with van der Waals surface area (Å²) in [7, 11) is 0. The molecular formula is C18H15F3N4O2. The van der Waals surface area contributed by atoms with Crippen molar-refractivity contribution in [1.82, 2.24) is 15.3 Å². The van der Waals surface area contributed by atoms with E-state index < -0.39 is 23.6 Å². The maximum absolute atomic E-state index is 12.5. The number of alkyl halides is 3. The maximum Gasteiger partial charge on any atom is 0.416 e. The fraction of sp³-hybridized carbons (Fsp3) is 0.167. The van der Waals surface area contributed by atoms with Gasteiger partial charge in [0.05, 0.1) is 16.8 Å². The fourth-order valence-electron chi connectivity index (χ4n) is 2.49. The van der Waals surface area contributed by atoms with Crippen molar-refractivity contribution in [3.8, 4) is 0 Å². The number of halogens is 3. The van der Waals surface area contributed by atoms with Gasteiger partial charge < -0.3 is 15.6 Å². The van der Waals surface area contributed by atoms with Gasteiger partial charge in [0.15, 0.2) is 0 Å². The number of H-pyrrole nitrogens is 1. The molecule has 0 aliphatic rings. The Morgan fingerprint density at radius 1 is 1.07 bits per heavy atom. The Morgan fingerprint density at radius 3 is 2.52 bits per heavy atom. The van der Waals surface area contributed by atoms with Gasteiger partial charge in [-0.2, -0.15) is 13.2 Å². The lowest BCUT2D eigenvalue weighted by atomic mass is 10.1. The normalized spacial score (nSPS) is 11.4. The van der Waals surface area contributed by atoms with Crippen LogP contribution in [-0.4, -0.2) is 28.3 Å². The van der Waals surface area contributed by atoms with Crippen LogP contribution in [-0.2, 0) is 22.2 Å². The van der Waals surface area contributed by atoms with Crippen LogP contribution in [0.3, 0.4) is 0 Å². The molecule has 1 aromatic carbocycles. The Kier molecular flexibility index (Phi) is 5.11. The van der Waals surface area contributed by atoms with Crippen molar-refractivity contribution >= 4 is 28.5 Å². The largest absolute Gasteiger partial charge is 0.416 e. The van der Waals surface area contributed by atoms with E-state index in [-0.39, 0.29) is 6.54 Å². The van der Waals surface area contributed by atoms with Crippen LogP contribution in [0.2, 0.25) is 0 Å². The van der Waals surface area contributed by atoms with E-state index in [1.807, 2.05) is 0 Å². The molecule has 0 unspecified atom stereocenters. The van der Waals surface area contributed by atoms with Crippen LogP contribution in [0.25, 0.3) is 11.0 Å². The third-order valence-corrected chi connectivity index (χ3v) is 3.87. The summed E-state index contributed by atoms with van der Waals surface area (Å²) in [5.74, 6) is -1.69. The summed E-state index contributed by atoms with van der Waals surface area (Å²) in [5.41, 5.74) is 1.51. The van der Waals surface area contributed by atoms with Gasteiger partial charge in [0.2, 0.25) is 0 Å². The topological polar surface area (TPSA) is 86.9 Å². The zero-order chi connectivity index (χ0) is 19.4. The van der Waals surface area contributed by atoms with Crippen molar-refractivity contribution in [3.05, 3.63) is 59.9 Å². The number of hydrogen-bond donors (Lipinski definition) is 3. The van der Waals surface area contributed by atoms with E-state index in [2.05, 4.69) is 20.6 Å². The molecule has 2 heterocycles. The lowest BCUT2D eigenvalue weighted by molar-refractivity contribution is -0.137. The Balaban J connectivity index is 1.51. The lowest BCUT2D eigenvalue weighted by Gasteiger charge is -2.08. The van der Waals surface area contributed by atoms with Gasteiger partial charge in [-0.05, 0) is 36.2 Å². The van der Waals surface area contributed by atoms with E-state index in [9.17, 15) is 22.8 Å². The number of benzene rings is 1. The third kappa shape index (κ3) is 4.43. The van der Waals surface area contributed by atoms with Gasteiger partial charge in [-0.1, -0.05) is 12.1 Å². The molecule has 0 aliphatic heterocycles. The number of carbonyl (C=O) groups is 2. The second kappa shape index (κ2) is 7.48. The first kappa shape index (κ1) is 18.4. The number of anilines is 1. The highest BCUT2D eigenvalue weighted by molar-refractivity contribution is 6.40. The number of amides is 2. The molecule has 0 bridgehead atoms. The standard InChI is InChI=1S/C18H15F3N4O2/c19-18(20,21)12-5-3-11(4-6-12)7-9-23-16(26)17(27)25-14-10-24-13-2-1-8-22-15(13)14/h1-6,8,10,24H,7,9H2,(H,23,26)(H,25,27). The van der Waals surface area contributed by atoms with Crippen molar-refractivity contribution in [2.45, 2.75) is 12.6 Å². The van der Waals surface area contributed by atoms with Crippen LogP contribution >= 0.6 is 0 Å². The zero-order valence-corrected chi connectivity index (χ0v) is 13.9. The summed E-state index contributed by atoms with van der Waals surface area (Å²) in [6.45, 7) is 0.115. The number of rotatable bonds is 4. The van der Waals surface area contributed by atoms with Crippen molar-refractivity contribution in [3.63, 3.8) is 0 Å². The minimum atomic E-state index is -4.39. The van der Waals surface area contributed by atoms with Crippen LogP contribution < -0.4 is 10.6 Å². The molecule has 3 N–H and O–H groups in total. The second-order valence-electron chi connectivity index (χ2n) is 5.76. The number of hydrogen-bond acceptors (Lipinski definition) is 3. The molecule has 0 saturated heterocycles. The van der Waals surface area contributed by atoms with Crippen LogP contribution in [0.4, 0.5) is 18.9 Å². The van der Waals surface area contributed by atoms with Gasteiger partial charge in [-0.3, -0.25) is 14.6 Å². The molecule has 0 aliphatic carbocycles. The number of carbonyl (C=O) groups excluding carboxylic acids is 2. The maximum atomic E-state index is 12.5. The smallest absolute Gasteiger partial charge is 0.358 e.